The molecule has 3 saturated heterocycles. The van der Waals surface area contributed by atoms with Crippen LogP contribution in [0.2, 0.25) is 0 Å². The fourth-order valence-electron chi connectivity index (χ4n) is 2.83. The molecule has 0 radical (unpaired) electrons. The van der Waals surface area contributed by atoms with Gasteiger partial charge in [-0.3, -0.25) is 0 Å². The van der Waals surface area contributed by atoms with Crippen molar-refractivity contribution in [2.45, 2.75) is 51.5 Å². The van der Waals surface area contributed by atoms with Crippen molar-refractivity contribution in [3.63, 3.8) is 0 Å². The predicted molar refractivity (Wildman–Crippen MR) is 52.2 cm³/mol. The Labute approximate surface area is 76.1 Å². The first kappa shape index (κ1) is 8.55. The van der Waals surface area contributed by atoms with Crippen molar-refractivity contribution in [3.05, 3.63) is 0 Å². The zero-order chi connectivity index (χ0) is 8.39. The summed E-state index contributed by atoms with van der Waals surface area (Å²) in [6.07, 6.45) is 8.77. The molecule has 1 nitrogen and oxygen atoms in total. The van der Waals surface area contributed by atoms with E-state index in [2.05, 4.69) is 11.8 Å². The molecule has 2 bridgehead atoms. The van der Waals surface area contributed by atoms with Gasteiger partial charge in [-0.1, -0.05) is 19.8 Å². The third-order valence-electron chi connectivity index (χ3n) is 3.66. The first-order valence-electron chi connectivity index (χ1n) is 5.64. The van der Waals surface area contributed by atoms with Crippen LogP contribution in [0.5, 0.6) is 0 Å². The zero-order valence-corrected chi connectivity index (χ0v) is 8.26. The molecule has 0 aromatic rings. The molecule has 0 N–H and O–H groups in total. The highest BCUT2D eigenvalue weighted by molar-refractivity contribution is 4.87. The molecular weight excluding hydrogens is 146 g/mol. The Hall–Kier alpha value is -0.0400. The van der Waals surface area contributed by atoms with Gasteiger partial charge in [-0.25, -0.2) is 0 Å². The molecule has 3 fully saturated rings. The molecular formula is C11H21N. The highest BCUT2D eigenvalue weighted by Gasteiger charge is 2.32. The van der Waals surface area contributed by atoms with Gasteiger partial charge in [0.1, 0.15) is 0 Å². The first-order chi connectivity index (χ1) is 5.90. The monoisotopic (exact) mass is 167 g/mol. The molecule has 1 atom stereocenters. The van der Waals surface area contributed by atoms with Gasteiger partial charge >= 0.3 is 0 Å². The predicted octanol–water partition coefficient (Wildman–Crippen LogP) is 2.66. The van der Waals surface area contributed by atoms with Crippen LogP contribution in [0.3, 0.4) is 0 Å². The van der Waals surface area contributed by atoms with Crippen molar-refractivity contribution in [1.82, 2.24) is 4.90 Å². The van der Waals surface area contributed by atoms with E-state index in [1.807, 2.05) is 0 Å². The molecule has 3 aliphatic heterocycles. The van der Waals surface area contributed by atoms with Gasteiger partial charge < -0.3 is 4.90 Å². The van der Waals surface area contributed by atoms with E-state index in [9.17, 15) is 0 Å². The highest BCUT2D eigenvalue weighted by atomic mass is 15.2. The Morgan fingerprint density at radius 3 is 2.50 bits per heavy atom. The lowest BCUT2D eigenvalue weighted by atomic mass is 9.82. The Kier molecular flexibility index (Phi) is 2.69. The summed E-state index contributed by atoms with van der Waals surface area (Å²) < 4.78 is 0. The molecule has 70 valence electrons. The Morgan fingerprint density at radius 1 is 1.25 bits per heavy atom. The number of nitrogens with zero attached hydrogens (tertiary/aromatic N) is 1. The smallest absolute Gasteiger partial charge is 0.00979 e. The van der Waals surface area contributed by atoms with Gasteiger partial charge in [0.15, 0.2) is 0 Å². The van der Waals surface area contributed by atoms with Gasteiger partial charge in [0, 0.05) is 6.04 Å². The van der Waals surface area contributed by atoms with Crippen LogP contribution in [-0.4, -0.2) is 24.0 Å². The van der Waals surface area contributed by atoms with Gasteiger partial charge in [-0.05, 0) is 44.7 Å². The van der Waals surface area contributed by atoms with Gasteiger partial charge in [0.05, 0.1) is 0 Å². The van der Waals surface area contributed by atoms with Crippen molar-refractivity contribution in [2.75, 3.05) is 13.1 Å². The summed E-state index contributed by atoms with van der Waals surface area (Å²) >= 11 is 0. The maximum absolute atomic E-state index is 2.73. The van der Waals surface area contributed by atoms with E-state index in [0.29, 0.717) is 0 Å². The minimum Gasteiger partial charge on any atom is -0.300 e. The van der Waals surface area contributed by atoms with Gasteiger partial charge in [-0.2, -0.15) is 0 Å². The average Bonchev–Trinajstić information content (AvgIpc) is 2.17. The van der Waals surface area contributed by atoms with Crippen molar-refractivity contribution in [3.8, 4) is 0 Å². The molecule has 1 heteroatoms. The lowest BCUT2D eigenvalue weighted by Crippen LogP contribution is -2.48. The number of hydrogen-bond acceptors (Lipinski definition) is 1. The van der Waals surface area contributed by atoms with E-state index >= 15 is 0 Å². The van der Waals surface area contributed by atoms with Crippen LogP contribution >= 0.6 is 0 Å². The fraction of sp³-hybridized carbons (Fsp3) is 1.00. The maximum Gasteiger partial charge on any atom is 0.00979 e. The standard InChI is InChI=1S/C11H21N/c1-2-3-4-11-9-10-5-7-12(11)8-6-10/h10-11H,2-9H2,1H3. The molecule has 0 aromatic carbocycles. The molecule has 0 amide bonds. The van der Waals surface area contributed by atoms with E-state index in [1.54, 1.807) is 0 Å². The summed E-state index contributed by atoms with van der Waals surface area (Å²) in [4.78, 5) is 2.73. The van der Waals surface area contributed by atoms with Gasteiger partial charge in [0.2, 0.25) is 0 Å². The topological polar surface area (TPSA) is 3.24 Å². The number of rotatable bonds is 3. The van der Waals surface area contributed by atoms with E-state index in [1.165, 1.54) is 51.6 Å². The summed E-state index contributed by atoms with van der Waals surface area (Å²) in [6.45, 7) is 5.11. The third-order valence-corrected chi connectivity index (χ3v) is 3.66. The summed E-state index contributed by atoms with van der Waals surface area (Å²) in [5.41, 5.74) is 0. The molecule has 1 unspecified atom stereocenters. The van der Waals surface area contributed by atoms with Crippen LogP contribution in [0.4, 0.5) is 0 Å². The molecule has 3 rings (SSSR count). The summed E-state index contributed by atoms with van der Waals surface area (Å²) in [5.74, 6) is 1.09. The third kappa shape index (κ3) is 1.66. The number of fused-ring (bicyclic) bond motifs is 3. The Morgan fingerprint density at radius 2 is 2.00 bits per heavy atom. The van der Waals surface area contributed by atoms with Crippen LogP contribution < -0.4 is 0 Å². The van der Waals surface area contributed by atoms with Crippen molar-refractivity contribution >= 4 is 0 Å². The minimum atomic E-state index is 0.970. The van der Waals surface area contributed by atoms with Crippen molar-refractivity contribution in [1.29, 1.82) is 0 Å². The largest absolute Gasteiger partial charge is 0.300 e. The van der Waals surface area contributed by atoms with Crippen LogP contribution in [0, 0.1) is 5.92 Å². The number of unbranched alkanes of at least 4 members (excludes halogenated alkanes) is 1. The zero-order valence-electron chi connectivity index (χ0n) is 8.26. The molecule has 0 aromatic heterocycles. The number of piperidine rings is 3. The fourth-order valence-corrected chi connectivity index (χ4v) is 2.83. The normalized spacial score (nSPS) is 40.2. The average molecular weight is 167 g/mol. The lowest BCUT2D eigenvalue weighted by molar-refractivity contribution is 0.0441. The van der Waals surface area contributed by atoms with E-state index < -0.39 is 0 Å². The van der Waals surface area contributed by atoms with Crippen molar-refractivity contribution < 1.29 is 0 Å². The van der Waals surface area contributed by atoms with E-state index in [4.69, 9.17) is 0 Å². The SMILES string of the molecule is CCCCC1CC2CCN1CC2. The molecule has 3 aliphatic rings. The second kappa shape index (κ2) is 3.78. The van der Waals surface area contributed by atoms with Crippen LogP contribution in [0.25, 0.3) is 0 Å². The minimum absolute atomic E-state index is 0.970. The van der Waals surface area contributed by atoms with Crippen molar-refractivity contribution in [2.24, 2.45) is 5.92 Å². The first-order valence-corrected chi connectivity index (χ1v) is 5.64. The highest BCUT2D eigenvalue weighted by Crippen LogP contribution is 2.33. The maximum atomic E-state index is 2.73. The molecule has 12 heavy (non-hydrogen) atoms. The van der Waals surface area contributed by atoms with Gasteiger partial charge in [-0.15, -0.1) is 0 Å². The van der Waals surface area contributed by atoms with Crippen LogP contribution in [0.15, 0.2) is 0 Å². The molecule has 3 heterocycles. The summed E-state index contributed by atoms with van der Waals surface area (Å²) in [7, 11) is 0. The summed E-state index contributed by atoms with van der Waals surface area (Å²) in [5, 5.41) is 0. The number of hydrogen-bond donors (Lipinski definition) is 0. The molecule has 0 spiro atoms. The second-order valence-corrected chi connectivity index (χ2v) is 4.51. The van der Waals surface area contributed by atoms with Crippen LogP contribution in [-0.2, 0) is 0 Å². The molecule has 0 saturated carbocycles. The second-order valence-electron chi connectivity index (χ2n) is 4.51. The lowest BCUT2D eigenvalue weighted by Gasteiger charge is -2.45. The quantitative estimate of drug-likeness (QED) is 0.624. The summed E-state index contributed by atoms with van der Waals surface area (Å²) in [6, 6.07) is 0.970. The Balaban J connectivity index is 1.82. The van der Waals surface area contributed by atoms with Gasteiger partial charge in [0.25, 0.3) is 0 Å². The molecule has 0 aliphatic carbocycles. The van der Waals surface area contributed by atoms with E-state index in [0.717, 1.165) is 12.0 Å². The van der Waals surface area contributed by atoms with E-state index in [-0.39, 0.29) is 0 Å². The van der Waals surface area contributed by atoms with Crippen LogP contribution in [0.1, 0.15) is 45.4 Å². The Bertz CT molecular complexity index is 136.